The summed E-state index contributed by atoms with van der Waals surface area (Å²) in [6.07, 6.45) is -0.0739. The van der Waals surface area contributed by atoms with Crippen molar-refractivity contribution in [2.75, 3.05) is 38.9 Å². The zero-order valence-corrected chi connectivity index (χ0v) is 16.7. The number of nitrogens with two attached hydrogens (primary N) is 1. The zero-order valence-electron chi connectivity index (χ0n) is 16.7. The number of hydrogen-bond acceptors (Lipinski definition) is 7. The van der Waals surface area contributed by atoms with Gasteiger partial charge in [0.15, 0.2) is 0 Å². The minimum Gasteiger partial charge on any atom is -0.474 e. The SMILES string of the molecule is COCCOc1cnc(C(=O)Nc2ccc(F)c(C/N=C(/N)COCC(F)F)c2)cn1. The molecule has 0 fully saturated rings. The number of carbonyl (C=O) groups is 1. The van der Waals surface area contributed by atoms with Gasteiger partial charge in [0.1, 0.15) is 37.2 Å². The Labute approximate surface area is 176 Å². The number of methoxy groups -OCH3 is 1. The molecule has 12 heteroatoms. The van der Waals surface area contributed by atoms with Crippen molar-refractivity contribution in [1.82, 2.24) is 9.97 Å². The smallest absolute Gasteiger partial charge is 0.275 e. The van der Waals surface area contributed by atoms with E-state index in [1.54, 1.807) is 0 Å². The number of nitrogens with one attached hydrogen (secondary N) is 1. The average molecular weight is 441 g/mol. The maximum atomic E-state index is 14.0. The second kappa shape index (κ2) is 12.4. The fourth-order valence-corrected chi connectivity index (χ4v) is 2.19. The molecule has 3 N–H and O–H groups in total. The molecule has 0 spiro atoms. The highest BCUT2D eigenvalue weighted by Crippen LogP contribution is 2.17. The third kappa shape index (κ3) is 8.56. The Morgan fingerprint density at radius 3 is 2.74 bits per heavy atom. The van der Waals surface area contributed by atoms with Crippen molar-refractivity contribution in [1.29, 1.82) is 0 Å². The molecular formula is C19H22F3N5O4. The molecular weight excluding hydrogens is 419 g/mol. The highest BCUT2D eigenvalue weighted by Gasteiger charge is 2.11. The highest BCUT2D eigenvalue weighted by atomic mass is 19.3. The molecule has 9 nitrogen and oxygen atoms in total. The van der Waals surface area contributed by atoms with Gasteiger partial charge >= 0.3 is 0 Å². The van der Waals surface area contributed by atoms with Gasteiger partial charge in [-0.05, 0) is 18.2 Å². The third-order valence-corrected chi connectivity index (χ3v) is 3.65. The Bertz CT molecular complexity index is 881. The standard InChI is InChI=1S/C19H22F3N5O4/c1-29-4-5-31-18-9-24-15(8-26-18)19(28)27-13-2-3-14(20)12(6-13)7-25-17(23)11-30-10-16(21)22/h2-3,6,8-9,16H,4-5,7,10-11H2,1H3,(H2,23,25)(H,27,28). The fraction of sp³-hybridized carbons (Fsp3) is 0.368. The van der Waals surface area contributed by atoms with Gasteiger partial charge in [-0.2, -0.15) is 0 Å². The third-order valence-electron chi connectivity index (χ3n) is 3.65. The molecule has 168 valence electrons. The molecule has 1 heterocycles. The number of nitrogens with zero attached hydrogens (tertiary/aromatic N) is 3. The summed E-state index contributed by atoms with van der Waals surface area (Å²) < 4.78 is 52.9. The van der Waals surface area contributed by atoms with Gasteiger partial charge in [-0.1, -0.05) is 0 Å². The quantitative estimate of drug-likeness (QED) is 0.294. The summed E-state index contributed by atoms with van der Waals surface area (Å²) in [7, 11) is 1.54. The van der Waals surface area contributed by atoms with Crippen LogP contribution < -0.4 is 15.8 Å². The van der Waals surface area contributed by atoms with Crippen LogP contribution in [0.4, 0.5) is 18.9 Å². The van der Waals surface area contributed by atoms with Crippen LogP contribution in [0.25, 0.3) is 0 Å². The number of carbonyl (C=O) groups excluding carboxylic acids is 1. The van der Waals surface area contributed by atoms with Crippen LogP contribution in [-0.4, -0.2) is 61.7 Å². The summed E-state index contributed by atoms with van der Waals surface area (Å²) in [6, 6.07) is 3.90. The van der Waals surface area contributed by atoms with Crippen LogP contribution in [-0.2, 0) is 16.0 Å². The van der Waals surface area contributed by atoms with E-state index in [0.29, 0.717) is 18.9 Å². The molecule has 0 radical (unpaired) electrons. The summed E-state index contributed by atoms with van der Waals surface area (Å²) in [4.78, 5) is 24.2. The molecule has 2 aromatic rings. The molecule has 31 heavy (non-hydrogen) atoms. The Kier molecular flexibility index (Phi) is 9.65. The Hall–Kier alpha value is -3.25. The number of aromatic nitrogens is 2. The molecule has 0 saturated carbocycles. The first-order chi connectivity index (χ1) is 14.9. The summed E-state index contributed by atoms with van der Waals surface area (Å²) in [5, 5.41) is 2.58. The predicted octanol–water partition coefficient (Wildman–Crippen LogP) is 2.03. The predicted molar refractivity (Wildman–Crippen MR) is 106 cm³/mol. The number of hydrogen-bond donors (Lipinski definition) is 2. The monoisotopic (exact) mass is 441 g/mol. The number of aliphatic imine (C=N–C) groups is 1. The van der Waals surface area contributed by atoms with Gasteiger partial charge in [0.2, 0.25) is 5.88 Å². The molecule has 0 aliphatic heterocycles. The van der Waals surface area contributed by atoms with Crippen LogP contribution in [0.15, 0.2) is 35.6 Å². The fourth-order valence-electron chi connectivity index (χ4n) is 2.19. The maximum absolute atomic E-state index is 14.0. The van der Waals surface area contributed by atoms with Crippen molar-refractivity contribution in [2.24, 2.45) is 10.7 Å². The molecule has 0 aliphatic carbocycles. The van der Waals surface area contributed by atoms with Gasteiger partial charge in [0, 0.05) is 18.4 Å². The lowest BCUT2D eigenvalue weighted by molar-refractivity contribution is 0.0321. The van der Waals surface area contributed by atoms with Crippen LogP contribution in [0.1, 0.15) is 16.1 Å². The van der Waals surface area contributed by atoms with Gasteiger partial charge < -0.3 is 25.3 Å². The van der Waals surface area contributed by atoms with E-state index in [1.807, 2.05) is 0 Å². The lowest BCUT2D eigenvalue weighted by Crippen LogP contribution is -2.21. The first kappa shape index (κ1) is 24.0. The summed E-state index contributed by atoms with van der Waals surface area (Å²) >= 11 is 0. The van der Waals surface area contributed by atoms with Gasteiger partial charge in [-0.15, -0.1) is 0 Å². The first-order valence-corrected chi connectivity index (χ1v) is 9.07. The number of amides is 1. The van der Waals surface area contributed by atoms with E-state index in [1.165, 1.54) is 31.6 Å². The van der Waals surface area contributed by atoms with Crippen molar-refractivity contribution in [3.8, 4) is 5.88 Å². The van der Waals surface area contributed by atoms with E-state index in [4.69, 9.17) is 15.2 Å². The average Bonchev–Trinajstić information content (AvgIpc) is 2.74. The second-order valence-electron chi connectivity index (χ2n) is 6.06. The largest absolute Gasteiger partial charge is 0.474 e. The van der Waals surface area contributed by atoms with Crippen molar-refractivity contribution >= 4 is 17.4 Å². The number of amidine groups is 1. The van der Waals surface area contributed by atoms with E-state index in [-0.39, 0.29) is 36.1 Å². The Balaban J connectivity index is 1.95. The van der Waals surface area contributed by atoms with Crippen LogP contribution in [0.5, 0.6) is 5.88 Å². The molecule has 2 rings (SSSR count). The van der Waals surface area contributed by atoms with Gasteiger partial charge in [0.05, 0.1) is 25.5 Å². The van der Waals surface area contributed by atoms with Crippen LogP contribution >= 0.6 is 0 Å². The van der Waals surface area contributed by atoms with E-state index >= 15 is 0 Å². The van der Waals surface area contributed by atoms with Gasteiger partial charge in [-0.3, -0.25) is 9.79 Å². The number of ether oxygens (including phenoxy) is 3. The lowest BCUT2D eigenvalue weighted by Gasteiger charge is -2.08. The summed E-state index contributed by atoms with van der Waals surface area (Å²) in [5.74, 6) is -0.944. The normalized spacial score (nSPS) is 11.6. The minimum atomic E-state index is -2.62. The van der Waals surface area contributed by atoms with Gasteiger partial charge in [0.25, 0.3) is 12.3 Å². The molecule has 1 amide bonds. The number of benzene rings is 1. The maximum Gasteiger partial charge on any atom is 0.275 e. The van der Waals surface area contributed by atoms with E-state index in [9.17, 15) is 18.0 Å². The summed E-state index contributed by atoms with van der Waals surface area (Å²) in [5.41, 5.74) is 6.03. The topological polar surface area (TPSA) is 121 Å². The van der Waals surface area contributed by atoms with Gasteiger partial charge in [-0.25, -0.2) is 23.1 Å². The van der Waals surface area contributed by atoms with Crippen LogP contribution in [0.2, 0.25) is 0 Å². The number of rotatable bonds is 12. The lowest BCUT2D eigenvalue weighted by atomic mass is 10.2. The minimum absolute atomic E-state index is 0.0309. The van der Waals surface area contributed by atoms with Crippen molar-refractivity contribution in [3.05, 3.63) is 47.7 Å². The van der Waals surface area contributed by atoms with Crippen molar-refractivity contribution in [2.45, 2.75) is 13.0 Å². The van der Waals surface area contributed by atoms with E-state index < -0.39 is 24.8 Å². The first-order valence-electron chi connectivity index (χ1n) is 9.07. The molecule has 0 bridgehead atoms. The number of halogens is 3. The Morgan fingerprint density at radius 1 is 1.26 bits per heavy atom. The summed E-state index contributed by atoms with van der Waals surface area (Å²) in [6.45, 7) is -0.552. The molecule has 0 saturated heterocycles. The zero-order chi connectivity index (χ0) is 22.6. The molecule has 1 aromatic carbocycles. The second-order valence-corrected chi connectivity index (χ2v) is 6.06. The van der Waals surface area contributed by atoms with Crippen LogP contribution in [0, 0.1) is 5.82 Å². The molecule has 0 aliphatic rings. The van der Waals surface area contributed by atoms with Crippen molar-refractivity contribution in [3.63, 3.8) is 0 Å². The number of alkyl halides is 2. The molecule has 0 atom stereocenters. The highest BCUT2D eigenvalue weighted by molar-refractivity contribution is 6.02. The van der Waals surface area contributed by atoms with Crippen molar-refractivity contribution < 1.29 is 32.2 Å². The molecule has 0 unspecified atom stereocenters. The number of anilines is 1. The van der Waals surface area contributed by atoms with Crippen LogP contribution in [0.3, 0.4) is 0 Å². The Morgan fingerprint density at radius 2 is 2.06 bits per heavy atom. The van der Waals surface area contributed by atoms with E-state index in [0.717, 1.165) is 6.07 Å². The van der Waals surface area contributed by atoms with E-state index in [2.05, 4.69) is 25.0 Å². The molecule has 1 aromatic heterocycles.